The molecule has 0 aliphatic rings. The van der Waals surface area contributed by atoms with Gasteiger partial charge in [-0.3, -0.25) is 4.79 Å². The van der Waals surface area contributed by atoms with E-state index in [9.17, 15) is 9.90 Å². The van der Waals surface area contributed by atoms with Crippen LogP contribution < -0.4 is 5.32 Å². The maximum absolute atomic E-state index is 12.6. The zero-order valence-corrected chi connectivity index (χ0v) is 16.8. The Morgan fingerprint density at radius 1 is 1.21 bits per heavy atom. The third-order valence-electron chi connectivity index (χ3n) is 4.99. The number of hydrogen-bond donors (Lipinski definition) is 4. The van der Waals surface area contributed by atoms with Crippen molar-refractivity contribution in [1.29, 1.82) is 0 Å². The Morgan fingerprint density at radius 2 is 2.03 bits per heavy atom. The summed E-state index contributed by atoms with van der Waals surface area (Å²) in [5.74, 6) is 1.02. The molecule has 0 bridgehead atoms. The lowest BCUT2D eigenvalue weighted by molar-refractivity contribution is 0.0908. The van der Waals surface area contributed by atoms with E-state index in [1.165, 1.54) is 0 Å². The number of pyridine rings is 1. The molecule has 150 valence electrons. The fourth-order valence-electron chi connectivity index (χ4n) is 3.67. The van der Waals surface area contributed by atoms with Crippen LogP contribution in [-0.4, -0.2) is 43.6 Å². The lowest BCUT2D eigenvalue weighted by Crippen LogP contribution is -2.38. The zero-order chi connectivity index (χ0) is 20.5. The Kier molecular flexibility index (Phi) is 5.07. The minimum atomic E-state index is -0.245. The summed E-state index contributed by atoms with van der Waals surface area (Å²) >= 11 is 0. The van der Waals surface area contributed by atoms with Crippen molar-refractivity contribution >= 4 is 28.0 Å². The van der Waals surface area contributed by atoms with E-state index >= 15 is 0 Å². The lowest BCUT2D eigenvalue weighted by atomic mass is 10.0. The van der Waals surface area contributed by atoms with E-state index in [-0.39, 0.29) is 18.6 Å². The van der Waals surface area contributed by atoms with Crippen molar-refractivity contribution in [2.75, 3.05) is 6.61 Å². The predicted molar refractivity (Wildman–Crippen MR) is 114 cm³/mol. The number of aryl methyl sites for hydroxylation is 1. The Hall–Kier alpha value is -3.19. The maximum atomic E-state index is 12.6. The first-order valence-electron chi connectivity index (χ1n) is 9.80. The number of imidazole rings is 1. The molecule has 0 fully saturated rings. The van der Waals surface area contributed by atoms with Gasteiger partial charge in [0.15, 0.2) is 5.65 Å². The number of aliphatic hydroxyl groups excluding tert-OH is 1. The highest BCUT2D eigenvalue weighted by atomic mass is 16.3. The van der Waals surface area contributed by atoms with Gasteiger partial charge in [-0.1, -0.05) is 19.9 Å². The molecule has 1 atom stereocenters. The van der Waals surface area contributed by atoms with Gasteiger partial charge in [-0.05, 0) is 43.5 Å². The van der Waals surface area contributed by atoms with Gasteiger partial charge in [0, 0.05) is 33.9 Å². The SMILES string of the molecule is Cc1nc2c(-c3cc4ccc(C(=O)NC(CO)CC(C)C)cc4[nH]3)ccnc2[nH]1. The molecule has 7 heteroatoms. The molecule has 0 spiro atoms. The van der Waals surface area contributed by atoms with Crippen LogP contribution in [0.5, 0.6) is 0 Å². The van der Waals surface area contributed by atoms with Gasteiger partial charge in [0.05, 0.1) is 12.6 Å². The first-order chi connectivity index (χ1) is 13.9. The van der Waals surface area contributed by atoms with E-state index in [0.29, 0.717) is 11.5 Å². The van der Waals surface area contributed by atoms with Crippen LogP contribution >= 0.6 is 0 Å². The van der Waals surface area contributed by atoms with Crippen LogP contribution in [0.4, 0.5) is 0 Å². The van der Waals surface area contributed by atoms with Gasteiger partial charge >= 0.3 is 0 Å². The van der Waals surface area contributed by atoms with Crippen molar-refractivity contribution in [1.82, 2.24) is 25.3 Å². The summed E-state index contributed by atoms with van der Waals surface area (Å²) in [7, 11) is 0. The molecule has 29 heavy (non-hydrogen) atoms. The Balaban J connectivity index is 1.65. The summed E-state index contributed by atoms with van der Waals surface area (Å²) in [6.07, 6.45) is 2.49. The summed E-state index contributed by atoms with van der Waals surface area (Å²) in [5.41, 5.74) is 4.87. The summed E-state index contributed by atoms with van der Waals surface area (Å²) in [6, 6.07) is 9.30. The molecule has 0 saturated carbocycles. The Labute approximate surface area is 168 Å². The molecular formula is C22H25N5O2. The van der Waals surface area contributed by atoms with E-state index in [1.54, 1.807) is 12.3 Å². The Bertz CT molecular complexity index is 1170. The summed E-state index contributed by atoms with van der Waals surface area (Å²) in [5, 5.41) is 13.5. The Morgan fingerprint density at radius 3 is 2.79 bits per heavy atom. The standard InChI is InChI=1S/C22H25N5O2/c1-12(2)8-16(11-28)26-22(29)15-5-4-14-9-19(27-18(14)10-15)17-6-7-23-21-20(17)24-13(3)25-21/h4-7,9-10,12,16,27-28H,8,11H2,1-3H3,(H,26,29)(H,23,24,25). The van der Waals surface area contributed by atoms with Gasteiger partial charge in [-0.15, -0.1) is 0 Å². The maximum Gasteiger partial charge on any atom is 0.251 e. The van der Waals surface area contributed by atoms with E-state index in [1.807, 2.05) is 31.2 Å². The number of carbonyl (C=O) groups is 1. The topological polar surface area (TPSA) is 107 Å². The number of aliphatic hydroxyl groups is 1. The van der Waals surface area contributed by atoms with Crippen molar-refractivity contribution < 1.29 is 9.90 Å². The molecule has 7 nitrogen and oxygen atoms in total. The van der Waals surface area contributed by atoms with Gasteiger partial charge in [0.25, 0.3) is 5.91 Å². The number of fused-ring (bicyclic) bond motifs is 2. The van der Waals surface area contributed by atoms with E-state index in [0.717, 1.165) is 45.6 Å². The number of hydrogen-bond acceptors (Lipinski definition) is 4. The number of amides is 1. The van der Waals surface area contributed by atoms with E-state index < -0.39 is 0 Å². The molecule has 0 saturated heterocycles. The molecule has 4 N–H and O–H groups in total. The second-order valence-corrected chi connectivity index (χ2v) is 7.85. The van der Waals surface area contributed by atoms with Crippen LogP contribution in [0.15, 0.2) is 36.5 Å². The van der Waals surface area contributed by atoms with Gasteiger partial charge in [-0.25, -0.2) is 9.97 Å². The average Bonchev–Trinajstić information content (AvgIpc) is 3.28. The second kappa shape index (κ2) is 7.67. The van der Waals surface area contributed by atoms with Crippen LogP contribution in [-0.2, 0) is 0 Å². The van der Waals surface area contributed by atoms with Crippen LogP contribution in [0.1, 0.15) is 36.5 Å². The van der Waals surface area contributed by atoms with Gasteiger partial charge in [-0.2, -0.15) is 0 Å². The van der Waals surface area contributed by atoms with Crippen molar-refractivity contribution in [3.05, 3.63) is 47.9 Å². The molecule has 1 aromatic carbocycles. The summed E-state index contributed by atoms with van der Waals surface area (Å²) in [4.78, 5) is 28.1. The highest BCUT2D eigenvalue weighted by Crippen LogP contribution is 2.29. The van der Waals surface area contributed by atoms with Crippen molar-refractivity contribution in [2.45, 2.75) is 33.2 Å². The fraction of sp³-hybridized carbons (Fsp3) is 0.318. The number of carbonyl (C=O) groups excluding carboxylic acids is 1. The molecule has 3 aromatic heterocycles. The monoisotopic (exact) mass is 391 g/mol. The number of rotatable bonds is 6. The number of aromatic amines is 2. The van der Waals surface area contributed by atoms with Crippen molar-refractivity contribution in [3.8, 4) is 11.3 Å². The molecule has 1 amide bonds. The molecule has 4 aromatic rings. The third-order valence-corrected chi connectivity index (χ3v) is 4.99. The van der Waals surface area contributed by atoms with E-state index in [2.05, 4.69) is 39.1 Å². The number of nitrogens with zero attached hydrogens (tertiary/aromatic N) is 2. The molecule has 3 heterocycles. The molecule has 0 aliphatic carbocycles. The largest absolute Gasteiger partial charge is 0.394 e. The highest BCUT2D eigenvalue weighted by Gasteiger charge is 2.16. The highest BCUT2D eigenvalue weighted by molar-refractivity contribution is 6.00. The molecule has 0 aliphatic heterocycles. The summed E-state index contributed by atoms with van der Waals surface area (Å²) < 4.78 is 0. The van der Waals surface area contributed by atoms with Crippen LogP contribution in [0.3, 0.4) is 0 Å². The normalized spacial score (nSPS) is 12.7. The number of nitrogens with one attached hydrogen (secondary N) is 3. The summed E-state index contributed by atoms with van der Waals surface area (Å²) in [6.45, 7) is 5.97. The van der Waals surface area contributed by atoms with Gasteiger partial charge < -0.3 is 20.4 Å². The quantitative estimate of drug-likeness (QED) is 0.403. The van der Waals surface area contributed by atoms with Gasteiger partial charge in [0.1, 0.15) is 11.3 Å². The second-order valence-electron chi connectivity index (χ2n) is 7.85. The number of benzene rings is 1. The predicted octanol–water partition coefficient (Wildman–Crippen LogP) is 3.55. The lowest BCUT2D eigenvalue weighted by Gasteiger charge is -2.18. The van der Waals surface area contributed by atoms with E-state index in [4.69, 9.17) is 0 Å². The molecule has 0 radical (unpaired) electrons. The molecule has 4 rings (SSSR count). The van der Waals surface area contributed by atoms with Crippen molar-refractivity contribution in [3.63, 3.8) is 0 Å². The third kappa shape index (κ3) is 3.86. The molecule has 1 unspecified atom stereocenters. The van der Waals surface area contributed by atoms with Gasteiger partial charge in [0.2, 0.25) is 0 Å². The first-order valence-corrected chi connectivity index (χ1v) is 9.80. The first kappa shape index (κ1) is 19.1. The minimum Gasteiger partial charge on any atom is -0.394 e. The van der Waals surface area contributed by atoms with Crippen LogP contribution in [0, 0.1) is 12.8 Å². The smallest absolute Gasteiger partial charge is 0.251 e. The number of H-pyrrole nitrogens is 2. The minimum absolute atomic E-state index is 0.0695. The van der Waals surface area contributed by atoms with Crippen LogP contribution in [0.25, 0.3) is 33.3 Å². The van der Waals surface area contributed by atoms with Crippen molar-refractivity contribution in [2.24, 2.45) is 5.92 Å². The number of aromatic nitrogens is 4. The zero-order valence-electron chi connectivity index (χ0n) is 16.8. The average molecular weight is 391 g/mol. The molecular weight excluding hydrogens is 366 g/mol. The fourth-order valence-corrected chi connectivity index (χ4v) is 3.67. The van der Waals surface area contributed by atoms with Crippen LogP contribution in [0.2, 0.25) is 0 Å².